The first-order chi connectivity index (χ1) is 16.4. The van der Waals surface area contributed by atoms with Crippen LogP contribution in [0.15, 0.2) is 36.4 Å². The molecule has 1 amide bonds. The van der Waals surface area contributed by atoms with Crippen LogP contribution in [0.25, 0.3) is 5.69 Å². The molecule has 2 aromatic heterocycles. The number of nitrogens with one attached hydrogen (secondary N) is 1. The molecular formula is C21H21F2N7O4. The van der Waals surface area contributed by atoms with E-state index in [0.29, 0.717) is 22.9 Å². The minimum absolute atomic E-state index is 0.0246. The van der Waals surface area contributed by atoms with Crippen molar-refractivity contribution in [2.45, 2.75) is 26.0 Å². The second kappa shape index (κ2) is 9.77. The van der Waals surface area contributed by atoms with Crippen molar-refractivity contribution in [2.75, 3.05) is 25.1 Å². The smallest absolute Gasteiger partial charge is 0.330 e. The number of amides is 1. The molecule has 1 aliphatic heterocycles. The maximum absolute atomic E-state index is 12.8. The lowest BCUT2D eigenvalue weighted by atomic mass is 10.2. The van der Waals surface area contributed by atoms with Crippen molar-refractivity contribution in [3.63, 3.8) is 0 Å². The number of anilines is 1. The van der Waals surface area contributed by atoms with E-state index in [0.717, 1.165) is 0 Å². The SMILES string of the molecule is COC(=O)[C@@H]1CN(c2ccc(OCc3c(C)nnn3-c3ccc(C(F)F)cc3)nn2)CC(=O)N1. The minimum Gasteiger partial charge on any atom is -0.470 e. The van der Waals surface area contributed by atoms with E-state index in [2.05, 4.69) is 25.8 Å². The zero-order valence-electron chi connectivity index (χ0n) is 18.3. The molecule has 11 nitrogen and oxygen atoms in total. The first kappa shape index (κ1) is 23.0. The second-order valence-electron chi connectivity index (χ2n) is 7.47. The van der Waals surface area contributed by atoms with Gasteiger partial charge in [0, 0.05) is 11.6 Å². The van der Waals surface area contributed by atoms with E-state index in [1.54, 1.807) is 24.0 Å². The predicted octanol–water partition coefficient (Wildman–Crippen LogP) is 1.36. The summed E-state index contributed by atoms with van der Waals surface area (Å²) in [5, 5.41) is 18.8. The number of ether oxygens (including phenoxy) is 2. The van der Waals surface area contributed by atoms with Crippen molar-refractivity contribution < 1.29 is 27.8 Å². The molecule has 3 aromatic rings. The summed E-state index contributed by atoms with van der Waals surface area (Å²) in [5.74, 6) is -0.259. The molecule has 1 N–H and O–H groups in total. The fourth-order valence-electron chi connectivity index (χ4n) is 3.41. The van der Waals surface area contributed by atoms with Crippen molar-refractivity contribution in [3.05, 3.63) is 53.3 Å². The van der Waals surface area contributed by atoms with Gasteiger partial charge in [0.1, 0.15) is 18.3 Å². The molecule has 1 aromatic carbocycles. The van der Waals surface area contributed by atoms with E-state index in [9.17, 15) is 18.4 Å². The number of piperazine rings is 1. The van der Waals surface area contributed by atoms with Crippen molar-refractivity contribution >= 4 is 17.7 Å². The van der Waals surface area contributed by atoms with Crippen LogP contribution in [0.2, 0.25) is 0 Å². The summed E-state index contributed by atoms with van der Waals surface area (Å²) < 4.78 is 37.6. The number of aromatic nitrogens is 5. The summed E-state index contributed by atoms with van der Waals surface area (Å²) in [5.41, 5.74) is 1.70. The average Bonchev–Trinajstić information content (AvgIpc) is 3.22. The van der Waals surface area contributed by atoms with E-state index in [-0.39, 0.29) is 37.0 Å². The number of hydrogen-bond donors (Lipinski definition) is 1. The van der Waals surface area contributed by atoms with Crippen LogP contribution in [0.1, 0.15) is 23.4 Å². The Kier molecular flexibility index (Phi) is 6.61. The topological polar surface area (TPSA) is 124 Å². The number of alkyl halides is 2. The van der Waals surface area contributed by atoms with E-state index >= 15 is 0 Å². The van der Waals surface area contributed by atoms with Gasteiger partial charge in [-0.3, -0.25) is 4.79 Å². The maximum atomic E-state index is 12.8. The molecule has 1 aliphatic rings. The Morgan fingerprint density at radius 2 is 1.94 bits per heavy atom. The van der Waals surface area contributed by atoms with E-state index in [4.69, 9.17) is 9.47 Å². The number of hydrogen-bond acceptors (Lipinski definition) is 9. The van der Waals surface area contributed by atoms with Gasteiger partial charge in [0.05, 0.1) is 31.6 Å². The Morgan fingerprint density at radius 3 is 2.59 bits per heavy atom. The number of halogens is 2. The number of esters is 1. The fourth-order valence-corrected chi connectivity index (χ4v) is 3.41. The Morgan fingerprint density at radius 1 is 1.18 bits per heavy atom. The normalized spacial score (nSPS) is 15.9. The Balaban J connectivity index is 1.44. The number of rotatable bonds is 7. The molecule has 1 saturated heterocycles. The van der Waals surface area contributed by atoms with E-state index in [1.165, 1.54) is 36.1 Å². The number of aryl methyl sites for hydroxylation is 1. The van der Waals surface area contributed by atoms with Gasteiger partial charge in [0.15, 0.2) is 5.82 Å². The van der Waals surface area contributed by atoms with E-state index in [1.807, 2.05) is 0 Å². The van der Waals surface area contributed by atoms with Crippen molar-refractivity contribution in [1.82, 2.24) is 30.5 Å². The Hall–Kier alpha value is -4.16. The number of carbonyl (C=O) groups is 2. The van der Waals surface area contributed by atoms with Gasteiger partial charge in [-0.25, -0.2) is 18.3 Å². The summed E-state index contributed by atoms with van der Waals surface area (Å²) in [6, 6.07) is 8.14. The van der Waals surface area contributed by atoms with Crippen LogP contribution < -0.4 is 15.0 Å². The minimum atomic E-state index is -2.55. The number of nitrogens with zero attached hydrogens (tertiary/aromatic N) is 6. The van der Waals surface area contributed by atoms with Gasteiger partial charge in [-0.15, -0.1) is 15.3 Å². The first-order valence-electron chi connectivity index (χ1n) is 10.2. The molecule has 178 valence electrons. The lowest BCUT2D eigenvalue weighted by Crippen LogP contribution is -2.57. The molecule has 4 rings (SSSR count). The summed E-state index contributed by atoms with van der Waals surface area (Å²) >= 11 is 0. The molecule has 0 bridgehead atoms. The van der Waals surface area contributed by atoms with Crippen LogP contribution in [-0.4, -0.2) is 63.3 Å². The lowest BCUT2D eigenvalue weighted by molar-refractivity contribution is -0.145. The van der Waals surface area contributed by atoms with Crippen molar-refractivity contribution in [2.24, 2.45) is 0 Å². The maximum Gasteiger partial charge on any atom is 0.330 e. The Bertz CT molecular complexity index is 1170. The first-order valence-corrected chi connectivity index (χ1v) is 10.2. The molecule has 0 aliphatic carbocycles. The van der Waals surface area contributed by atoms with Crippen LogP contribution in [0.4, 0.5) is 14.6 Å². The predicted molar refractivity (Wildman–Crippen MR) is 114 cm³/mol. The molecular weight excluding hydrogens is 452 g/mol. The molecule has 0 unspecified atom stereocenters. The van der Waals surface area contributed by atoms with Gasteiger partial charge in [-0.05, 0) is 25.1 Å². The van der Waals surface area contributed by atoms with Gasteiger partial charge in [-0.1, -0.05) is 17.3 Å². The lowest BCUT2D eigenvalue weighted by Gasteiger charge is -2.31. The van der Waals surface area contributed by atoms with Crippen LogP contribution in [0.3, 0.4) is 0 Å². The van der Waals surface area contributed by atoms with Crippen LogP contribution >= 0.6 is 0 Å². The largest absolute Gasteiger partial charge is 0.470 e. The Labute approximate surface area is 192 Å². The highest BCUT2D eigenvalue weighted by Crippen LogP contribution is 2.22. The molecule has 1 fully saturated rings. The van der Waals surface area contributed by atoms with Crippen LogP contribution in [0, 0.1) is 6.92 Å². The molecule has 0 radical (unpaired) electrons. The summed E-state index contributed by atoms with van der Waals surface area (Å²) in [6.45, 7) is 2.03. The highest BCUT2D eigenvalue weighted by Gasteiger charge is 2.31. The zero-order valence-corrected chi connectivity index (χ0v) is 18.3. The molecule has 3 heterocycles. The number of methoxy groups -OCH3 is 1. The van der Waals surface area contributed by atoms with Gasteiger partial charge in [0.25, 0.3) is 6.43 Å². The zero-order chi connectivity index (χ0) is 24.2. The van der Waals surface area contributed by atoms with Crippen molar-refractivity contribution in [1.29, 1.82) is 0 Å². The van der Waals surface area contributed by atoms with Gasteiger partial charge >= 0.3 is 5.97 Å². The van der Waals surface area contributed by atoms with Crippen molar-refractivity contribution in [3.8, 4) is 11.6 Å². The molecule has 1 atom stereocenters. The standard InChI is InChI=1S/C21H21F2N7O4/c1-12-16(30(28-25-12)14-5-3-13(4-6-14)20(22)23)11-34-19-8-7-17(26-27-19)29-9-15(21(32)33-2)24-18(31)10-29/h3-8,15,20H,9-11H2,1-2H3,(H,24,31)/t15-/m0/s1. The van der Waals surface area contributed by atoms with Crippen LogP contribution in [-0.2, 0) is 20.9 Å². The van der Waals surface area contributed by atoms with Gasteiger partial charge < -0.3 is 19.7 Å². The summed E-state index contributed by atoms with van der Waals surface area (Å²) in [6.07, 6.45) is -2.55. The number of carbonyl (C=O) groups excluding carboxylic acids is 2. The summed E-state index contributed by atoms with van der Waals surface area (Å²) in [7, 11) is 1.25. The third kappa shape index (κ3) is 4.92. The monoisotopic (exact) mass is 473 g/mol. The van der Waals surface area contributed by atoms with Gasteiger partial charge in [-0.2, -0.15) is 0 Å². The molecule has 0 saturated carbocycles. The van der Waals surface area contributed by atoms with E-state index < -0.39 is 18.4 Å². The highest BCUT2D eigenvalue weighted by molar-refractivity contribution is 5.89. The quantitative estimate of drug-likeness (QED) is 0.507. The molecule has 34 heavy (non-hydrogen) atoms. The third-order valence-electron chi connectivity index (χ3n) is 5.21. The third-order valence-corrected chi connectivity index (χ3v) is 5.21. The second-order valence-corrected chi connectivity index (χ2v) is 7.47. The van der Waals surface area contributed by atoms with Crippen LogP contribution in [0.5, 0.6) is 5.88 Å². The van der Waals surface area contributed by atoms with Gasteiger partial charge in [0.2, 0.25) is 11.8 Å². The summed E-state index contributed by atoms with van der Waals surface area (Å²) in [4.78, 5) is 25.3. The number of benzene rings is 1. The highest BCUT2D eigenvalue weighted by atomic mass is 19.3. The molecule has 13 heteroatoms. The fraction of sp³-hybridized carbons (Fsp3) is 0.333. The average molecular weight is 473 g/mol. The molecule has 0 spiro atoms.